The molecule has 0 saturated carbocycles. The van der Waals surface area contributed by atoms with Crippen LogP contribution in [0.5, 0.6) is 0 Å². The molecule has 0 spiro atoms. The molecular formula is C60H72N6O10. The summed E-state index contributed by atoms with van der Waals surface area (Å²) < 4.78 is 11.1. The first-order valence-corrected chi connectivity index (χ1v) is 26.0. The SMILES string of the molecule is CC(C)C[C@H](NC(=O)[C@H](C)NC(=O)[C@H](Cc1ccccc1)NC(=O)c1ccc(C(C)(C)C)cc1)C(=O)N[C@@H](CCCCNC(=O)OCC1c2ccccc2-c2ccccc21)C(=O)N[C@@H](CO)C(=O)OCc1ccccc1. The number of rotatable bonds is 25. The van der Waals surface area contributed by atoms with Crippen LogP contribution in [0.15, 0.2) is 133 Å². The van der Waals surface area contributed by atoms with E-state index in [4.69, 9.17) is 9.47 Å². The maximum atomic E-state index is 14.2. The third-order valence-corrected chi connectivity index (χ3v) is 13.2. The molecule has 402 valence electrons. The maximum Gasteiger partial charge on any atom is 0.407 e. The van der Waals surface area contributed by atoms with Gasteiger partial charge in [-0.25, -0.2) is 9.59 Å². The molecule has 0 saturated heterocycles. The molecule has 0 aromatic heterocycles. The zero-order valence-electron chi connectivity index (χ0n) is 44.2. The number of esters is 1. The number of fused-ring (bicyclic) bond motifs is 3. The summed E-state index contributed by atoms with van der Waals surface area (Å²) in [5.74, 6) is -4.43. The Morgan fingerprint density at radius 1 is 0.566 bits per heavy atom. The quantitative estimate of drug-likeness (QED) is 0.0240. The molecule has 1 aliphatic rings. The van der Waals surface area contributed by atoms with Crippen molar-refractivity contribution in [3.8, 4) is 11.1 Å². The molecule has 0 aliphatic heterocycles. The zero-order valence-corrected chi connectivity index (χ0v) is 44.2. The minimum Gasteiger partial charge on any atom is -0.459 e. The van der Waals surface area contributed by atoms with Gasteiger partial charge in [0.2, 0.25) is 23.6 Å². The van der Waals surface area contributed by atoms with Gasteiger partial charge in [0.15, 0.2) is 6.04 Å². The lowest BCUT2D eigenvalue weighted by molar-refractivity contribution is -0.150. The molecule has 7 N–H and O–H groups in total. The number of carbonyl (C=O) groups is 7. The molecule has 0 heterocycles. The maximum absolute atomic E-state index is 14.2. The van der Waals surface area contributed by atoms with Crippen LogP contribution in [0, 0.1) is 5.92 Å². The van der Waals surface area contributed by atoms with Gasteiger partial charge in [-0.1, -0.05) is 156 Å². The molecular weight excluding hydrogens is 965 g/mol. The summed E-state index contributed by atoms with van der Waals surface area (Å²) in [5.41, 5.74) is 7.11. The Bertz CT molecular complexity index is 2720. The van der Waals surface area contributed by atoms with Gasteiger partial charge in [-0.15, -0.1) is 0 Å². The van der Waals surface area contributed by atoms with Crippen LogP contribution in [-0.2, 0) is 51.9 Å². The van der Waals surface area contributed by atoms with Crippen LogP contribution < -0.4 is 31.9 Å². The van der Waals surface area contributed by atoms with Gasteiger partial charge in [0.25, 0.3) is 5.91 Å². The molecule has 6 rings (SSSR count). The lowest BCUT2D eigenvalue weighted by atomic mass is 9.86. The number of hydrogen-bond donors (Lipinski definition) is 7. The molecule has 5 atom stereocenters. The van der Waals surface area contributed by atoms with E-state index in [-0.39, 0.29) is 56.3 Å². The standard InChI is InChI=1S/C60H72N6O10/c1-38(2)33-50(64-53(68)39(3)62-56(71)51(34-40-19-9-7-10-20-40)65-54(69)42-28-30-43(31-29-42)60(4,5)6)57(72)63-49(55(70)66-52(35-67)58(73)75-36-41-21-11-8-12-22-41)27-17-18-32-61-59(74)76-37-48-46-25-15-13-23-44(46)45-24-14-16-26-47(45)48/h7-16,19-26,28-31,38-39,48-52,67H,17-18,27,32-37H2,1-6H3,(H,61,74)(H,62,71)(H,63,72)(H,64,68)(H,65,69)(H,66,70)/t39-,49-,50-,51-,52-/m0/s1. The van der Waals surface area contributed by atoms with Crippen LogP contribution in [0.4, 0.5) is 4.79 Å². The number of carbonyl (C=O) groups excluding carboxylic acids is 7. The number of amides is 6. The van der Waals surface area contributed by atoms with Crippen LogP contribution in [-0.4, -0.2) is 96.7 Å². The lowest BCUT2D eigenvalue weighted by Crippen LogP contribution is -2.59. The van der Waals surface area contributed by atoms with Gasteiger partial charge in [-0.05, 0) is 95.0 Å². The number of unbranched alkanes of at least 4 members (excludes halogenated alkanes) is 1. The van der Waals surface area contributed by atoms with Gasteiger partial charge in [-0.2, -0.15) is 0 Å². The molecule has 0 bridgehead atoms. The van der Waals surface area contributed by atoms with Gasteiger partial charge in [0.05, 0.1) is 6.61 Å². The molecule has 5 aromatic carbocycles. The fourth-order valence-electron chi connectivity index (χ4n) is 8.94. The fraction of sp³-hybridized carbons (Fsp3) is 0.383. The number of benzene rings is 5. The minimum absolute atomic E-state index is 0.0330. The molecule has 5 aromatic rings. The highest BCUT2D eigenvalue weighted by Gasteiger charge is 2.33. The van der Waals surface area contributed by atoms with Crippen molar-refractivity contribution in [2.24, 2.45) is 5.92 Å². The minimum atomic E-state index is -1.47. The van der Waals surface area contributed by atoms with E-state index in [1.807, 2.05) is 98.8 Å². The first-order chi connectivity index (χ1) is 36.4. The first kappa shape index (κ1) is 57.4. The van der Waals surface area contributed by atoms with Crippen molar-refractivity contribution in [3.05, 3.63) is 167 Å². The molecule has 76 heavy (non-hydrogen) atoms. The third kappa shape index (κ3) is 16.6. The highest BCUT2D eigenvalue weighted by atomic mass is 16.5. The second-order valence-corrected chi connectivity index (χ2v) is 20.6. The van der Waals surface area contributed by atoms with Crippen molar-refractivity contribution in [2.45, 2.75) is 122 Å². The van der Waals surface area contributed by atoms with Gasteiger partial charge in [-0.3, -0.25) is 24.0 Å². The predicted molar refractivity (Wildman–Crippen MR) is 290 cm³/mol. The summed E-state index contributed by atoms with van der Waals surface area (Å²) >= 11 is 0. The number of ether oxygens (including phenoxy) is 2. The number of aliphatic hydroxyl groups is 1. The van der Waals surface area contributed by atoms with E-state index in [1.165, 1.54) is 6.92 Å². The second kappa shape index (κ2) is 27.6. The van der Waals surface area contributed by atoms with E-state index in [0.29, 0.717) is 24.0 Å². The Morgan fingerprint density at radius 2 is 1.11 bits per heavy atom. The zero-order chi connectivity index (χ0) is 54.8. The van der Waals surface area contributed by atoms with Crippen molar-refractivity contribution in [1.82, 2.24) is 31.9 Å². The largest absolute Gasteiger partial charge is 0.459 e. The highest BCUT2D eigenvalue weighted by Crippen LogP contribution is 2.44. The molecule has 0 fully saturated rings. The number of hydrogen-bond acceptors (Lipinski definition) is 10. The summed E-state index contributed by atoms with van der Waals surface area (Å²) in [5, 5.41) is 26.5. The lowest BCUT2D eigenvalue weighted by Gasteiger charge is -2.27. The van der Waals surface area contributed by atoms with Crippen LogP contribution in [0.1, 0.15) is 111 Å². The summed E-state index contributed by atoms with van der Waals surface area (Å²) in [4.78, 5) is 95.6. The summed E-state index contributed by atoms with van der Waals surface area (Å²) in [6, 6.07) is 35.0. The number of alkyl carbamates (subject to hydrolysis) is 1. The van der Waals surface area contributed by atoms with E-state index in [9.17, 15) is 38.7 Å². The third-order valence-electron chi connectivity index (χ3n) is 13.2. The Morgan fingerprint density at radius 3 is 1.70 bits per heavy atom. The van der Waals surface area contributed by atoms with Crippen molar-refractivity contribution in [2.75, 3.05) is 19.8 Å². The van der Waals surface area contributed by atoms with Crippen molar-refractivity contribution in [3.63, 3.8) is 0 Å². The second-order valence-electron chi connectivity index (χ2n) is 20.6. The van der Waals surface area contributed by atoms with E-state index < -0.39 is 78.4 Å². The topological polar surface area (TPSA) is 230 Å². The summed E-state index contributed by atoms with van der Waals surface area (Å²) in [6.45, 7) is 10.8. The average molecular weight is 1040 g/mol. The molecule has 6 amide bonds. The summed E-state index contributed by atoms with van der Waals surface area (Å²) in [7, 11) is 0. The van der Waals surface area contributed by atoms with Crippen LogP contribution >= 0.6 is 0 Å². The number of nitrogens with one attached hydrogen (secondary N) is 6. The Labute approximate surface area is 445 Å². The molecule has 0 radical (unpaired) electrons. The smallest absolute Gasteiger partial charge is 0.407 e. The average Bonchev–Trinajstić information content (AvgIpc) is 3.74. The Balaban J connectivity index is 1.09. The van der Waals surface area contributed by atoms with E-state index in [0.717, 1.165) is 33.4 Å². The molecule has 0 unspecified atom stereocenters. The van der Waals surface area contributed by atoms with E-state index >= 15 is 0 Å². The van der Waals surface area contributed by atoms with Gasteiger partial charge in [0, 0.05) is 24.4 Å². The van der Waals surface area contributed by atoms with Crippen LogP contribution in [0.2, 0.25) is 0 Å². The monoisotopic (exact) mass is 1040 g/mol. The first-order valence-electron chi connectivity index (χ1n) is 26.0. The normalized spacial score (nSPS) is 13.8. The molecule has 1 aliphatic carbocycles. The predicted octanol–water partition coefficient (Wildman–Crippen LogP) is 6.78. The highest BCUT2D eigenvalue weighted by molar-refractivity contribution is 5.99. The Hall–Kier alpha value is -7.85. The summed E-state index contributed by atoms with van der Waals surface area (Å²) in [6.07, 6.45) is 0.359. The van der Waals surface area contributed by atoms with Crippen LogP contribution in [0.3, 0.4) is 0 Å². The van der Waals surface area contributed by atoms with Gasteiger partial charge >= 0.3 is 12.1 Å². The van der Waals surface area contributed by atoms with Gasteiger partial charge < -0.3 is 46.5 Å². The van der Waals surface area contributed by atoms with E-state index in [2.05, 4.69) is 64.8 Å². The van der Waals surface area contributed by atoms with Gasteiger partial charge in [0.1, 0.15) is 37.4 Å². The van der Waals surface area contributed by atoms with Crippen molar-refractivity contribution < 1.29 is 48.1 Å². The Kier molecular flexibility index (Phi) is 20.9. The molecule has 16 heteroatoms. The van der Waals surface area contributed by atoms with Crippen LogP contribution in [0.25, 0.3) is 11.1 Å². The van der Waals surface area contributed by atoms with Crippen molar-refractivity contribution in [1.29, 1.82) is 0 Å². The number of aliphatic hydroxyl groups excluding tert-OH is 1. The fourth-order valence-corrected chi connectivity index (χ4v) is 8.94. The van der Waals surface area contributed by atoms with E-state index in [1.54, 1.807) is 36.4 Å². The molecule has 16 nitrogen and oxygen atoms in total. The van der Waals surface area contributed by atoms with Crippen molar-refractivity contribution >= 4 is 41.6 Å².